The van der Waals surface area contributed by atoms with E-state index in [2.05, 4.69) is 15.6 Å². The lowest BCUT2D eigenvalue weighted by Gasteiger charge is -2.18. The van der Waals surface area contributed by atoms with Crippen LogP contribution in [0.1, 0.15) is 20.8 Å². The molecule has 8 heteroatoms. The van der Waals surface area contributed by atoms with Crippen molar-refractivity contribution in [1.29, 1.82) is 0 Å². The molecule has 0 saturated heterocycles. The van der Waals surface area contributed by atoms with Gasteiger partial charge in [0, 0.05) is 36.1 Å². The van der Waals surface area contributed by atoms with E-state index >= 15 is 0 Å². The Bertz CT molecular complexity index is 1270. The first kappa shape index (κ1) is 23.4. The number of para-hydroxylation sites is 1. The Labute approximate surface area is 202 Å². The fraction of sp³-hybridized carbons (Fsp3) is 0.231. The molecular weight excluding hydrogens is 450 g/mol. The summed E-state index contributed by atoms with van der Waals surface area (Å²) >= 11 is 1.34. The Hall–Kier alpha value is -3.78. The fourth-order valence-corrected chi connectivity index (χ4v) is 4.50. The molecule has 2 aromatic carbocycles. The highest BCUT2D eigenvalue weighted by Gasteiger charge is 2.23. The number of thiophene rings is 1. The van der Waals surface area contributed by atoms with Gasteiger partial charge in [0.1, 0.15) is 17.5 Å². The minimum Gasteiger partial charge on any atom is -0.497 e. The van der Waals surface area contributed by atoms with Gasteiger partial charge in [0.15, 0.2) is 0 Å². The highest BCUT2D eigenvalue weighted by molar-refractivity contribution is 7.12. The number of amides is 2. The van der Waals surface area contributed by atoms with Crippen molar-refractivity contribution in [3.8, 4) is 11.5 Å². The number of carbonyl (C=O) groups is 2. The monoisotopic (exact) mass is 477 g/mol. The summed E-state index contributed by atoms with van der Waals surface area (Å²) in [6, 6.07) is 16.4. The SMILES string of the molecule is COc1ccc(CCNC(=O)C(Cc2c[nH]c3ccccc23)NC(=O)c2cccs2)c(OC)c1. The number of rotatable bonds is 10. The quantitative estimate of drug-likeness (QED) is 0.323. The summed E-state index contributed by atoms with van der Waals surface area (Å²) in [7, 11) is 3.21. The molecule has 0 saturated carbocycles. The van der Waals surface area contributed by atoms with Crippen LogP contribution in [0.25, 0.3) is 10.9 Å². The second-order valence-electron chi connectivity index (χ2n) is 7.79. The molecule has 7 nitrogen and oxygen atoms in total. The number of carbonyl (C=O) groups excluding carboxylic acids is 2. The lowest BCUT2D eigenvalue weighted by Crippen LogP contribution is -2.48. The third-order valence-electron chi connectivity index (χ3n) is 5.65. The summed E-state index contributed by atoms with van der Waals surface area (Å²) < 4.78 is 10.7. The smallest absolute Gasteiger partial charge is 0.262 e. The van der Waals surface area contributed by atoms with Crippen LogP contribution in [-0.2, 0) is 17.6 Å². The van der Waals surface area contributed by atoms with Crippen LogP contribution in [-0.4, -0.2) is 43.6 Å². The zero-order valence-electron chi connectivity index (χ0n) is 19.1. The number of aromatic amines is 1. The van der Waals surface area contributed by atoms with E-state index < -0.39 is 6.04 Å². The molecule has 0 bridgehead atoms. The predicted octanol–water partition coefficient (Wildman–Crippen LogP) is 3.95. The van der Waals surface area contributed by atoms with Gasteiger partial charge in [-0.15, -0.1) is 11.3 Å². The molecule has 34 heavy (non-hydrogen) atoms. The van der Waals surface area contributed by atoms with Gasteiger partial charge in [-0.1, -0.05) is 30.3 Å². The first-order valence-electron chi connectivity index (χ1n) is 11.0. The van der Waals surface area contributed by atoms with Crippen LogP contribution in [0.4, 0.5) is 0 Å². The molecule has 0 aliphatic heterocycles. The Morgan fingerprint density at radius 2 is 1.88 bits per heavy atom. The molecule has 0 fully saturated rings. The Morgan fingerprint density at radius 1 is 1.03 bits per heavy atom. The summed E-state index contributed by atoms with van der Waals surface area (Å²) in [6.07, 6.45) is 2.85. The second kappa shape index (κ2) is 10.9. The molecule has 2 heterocycles. The van der Waals surface area contributed by atoms with Crippen molar-refractivity contribution < 1.29 is 19.1 Å². The number of ether oxygens (including phenoxy) is 2. The highest BCUT2D eigenvalue weighted by atomic mass is 32.1. The minimum absolute atomic E-state index is 0.234. The molecule has 4 aromatic rings. The lowest BCUT2D eigenvalue weighted by molar-refractivity contribution is -0.122. The van der Waals surface area contributed by atoms with Crippen LogP contribution >= 0.6 is 11.3 Å². The number of hydrogen-bond acceptors (Lipinski definition) is 5. The molecule has 0 aliphatic rings. The third kappa shape index (κ3) is 5.40. The summed E-state index contributed by atoms with van der Waals surface area (Å²) in [6.45, 7) is 0.404. The van der Waals surface area contributed by atoms with Crippen LogP contribution in [0, 0.1) is 0 Å². The molecule has 0 spiro atoms. The van der Waals surface area contributed by atoms with E-state index in [1.54, 1.807) is 20.3 Å². The average Bonchev–Trinajstić information content (AvgIpc) is 3.54. The number of fused-ring (bicyclic) bond motifs is 1. The summed E-state index contributed by atoms with van der Waals surface area (Å²) in [4.78, 5) is 29.7. The molecule has 2 amide bonds. The maximum absolute atomic E-state index is 13.2. The van der Waals surface area contributed by atoms with E-state index in [4.69, 9.17) is 9.47 Å². The topological polar surface area (TPSA) is 92.5 Å². The summed E-state index contributed by atoms with van der Waals surface area (Å²) in [5.74, 6) is 0.920. The number of benzene rings is 2. The van der Waals surface area contributed by atoms with Gasteiger partial charge in [0.05, 0.1) is 19.1 Å². The summed E-state index contributed by atoms with van der Waals surface area (Å²) in [5.41, 5.74) is 2.92. The minimum atomic E-state index is -0.716. The number of H-pyrrole nitrogens is 1. The average molecular weight is 478 g/mol. The molecular formula is C26H27N3O4S. The van der Waals surface area contributed by atoms with Gasteiger partial charge in [-0.05, 0) is 41.1 Å². The van der Waals surface area contributed by atoms with Crippen molar-refractivity contribution in [2.45, 2.75) is 18.9 Å². The van der Waals surface area contributed by atoms with E-state index in [0.29, 0.717) is 35.8 Å². The van der Waals surface area contributed by atoms with E-state index in [-0.39, 0.29) is 11.8 Å². The normalized spacial score (nSPS) is 11.7. The maximum atomic E-state index is 13.2. The van der Waals surface area contributed by atoms with Gasteiger partial charge >= 0.3 is 0 Å². The second-order valence-corrected chi connectivity index (χ2v) is 8.73. The fourth-order valence-electron chi connectivity index (χ4n) is 3.87. The van der Waals surface area contributed by atoms with Crippen molar-refractivity contribution in [2.24, 2.45) is 0 Å². The number of nitrogens with one attached hydrogen (secondary N) is 3. The maximum Gasteiger partial charge on any atom is 0.262 e. The predicted molar refractivity (Wildman–Crippen MR) is 134 cm³/mol. The van der Waals surface area contributed by atoms with Crippen molar-refractivity contribution in [3.05, 3.63) is 82.2 Å². The van der Waals surface area contributed by atoms with Gasteiger partial charge in [-0.3, -0.25) is 9.59 Å². The Morgan fingerprint density at radius 3 is 2.65 bits per heavy atom. The summed E-state index contributed by atoms with van der Waals surface area (Å²) in [5, 5.41) is 8.76. The van der Waals surface area contributed by atoms with Crippen molar-refractivity contribution in [2.75, 3.05) is 20.8 Å². The number of methoxy groups -OCH3 is 2. The van der Waals surface area contributed by atoms with Crippen LogP contribution in [0.5, 0.6) is 11.5 Å². The molecule has 0 aliphatic carbocycles. The highest BCUT2D eigenvalue weighted by Crippen LogP contribution is 2.25. The molecule has 4 rings (SSSR count). The first-order chi connectivity index (χ1) is 16.6. The number of aromatic nitrogens is 1. The van der Waals surface area contributed by atoms with Crippen molar-refractivity contribution in [3.63, 3.8) is 0 Å². The van der Waals surface area contributed by atoms with Crippen LogP contribution in [0.3, 0.4) is 0 Å². The Kier molecular flexibility index (Phi) is 7.49. The van der Waals surface area contributed by atoms with E-state index in [1.807, 2.05) is 60.1 Å². The van der Waals surface area contributed by atoms with Crippen LogP contribution < -0.4 is 20.1 Å². The zero-order chi connectivity index (χ0) is 23.9. The van der Waals surface area contributed by atoms with Gasteiger partial charge in [0.2, 0.25) is 5.91 Å². The van der Waals surface area contributed by atoms with E-state index in [9.17, 15) is 9.59 Å². The largest absolute Gasteiger partial charge is 0.497 e. The first-order valence-corrected chi connectivity index (χ1v) is 11.8. The molecule has 3 N–H and O–H groups in total. The molecule has 1 unspecified atom stereocenters. The van der Waals surface area contributed by atoms with Crippen molar-refractivity contribution in [1.82, 2.24) is 15.6 Å². The van der Waals surface area contributed by atoms with Gasteiger partial charge in [0.25, 0.3) is 5.91 Å². The van der Waals surface area contributed by atoms with E-state index in [1.165, 1.54) is 11.3 Å². The number of hydrogen-bond donors (Lipinski definition) is 3. The van der Waals surface area contributed by atoms with Crippen LogP contribution in [0.2, 0.25) is 0 Å². The zero-order valence-corrected chi connectivity index (χ0v) is 19.9. The van der Waals surface area contributed by atoms with E-state index in [0.717, 1.165) is 22.0 Å². The lowest BCUT2D eigenvalue weighted by atomic mass is 10.0. The Balaban J connectivity index is 1.46. The van der Waals surface area contributed by atoms with Gasteiger partial charge in [-0.2, -0.15) is 0 Å². The standard InChI is InChI=1S/C26H27N3O4S/c1-32-19-10-9-17(23(15-19)33-2)11-12-27-25(30)22(29-26(31)24-8-5-13-34-24)14-18-16-28-21-7-4-3-6-20(18)21/h3-10,13,15-16,22,28H,11-12,14H2,1-2H3,(H,27,30)(H,29,31). The molecule has 2 aromatic heterocycles. The van der Waals surface area contributed by atoms with Gasteiger partial charge in [-0.25, -0.2) is 0 Å². The molecule has 176 valence electrons. The third-order valence-corrected chi connectivity index (χ3v) is 6.52. The van der Waals surface area contributed by atoms with Crippen molar-refractivity contribution >= 4 is 34.1 Å². The van der Waals surface area contributed by atoms with Crippen LogP contribution in [0.15, 0.2) is 66.2 Å². The molecule has 1 atom stereocenters. The van der Waals surface area contributed by atoms with Gasteiger partial charge < -0.3 is 25.1 Å². The molecule has 0 radical (unpaired) electrons.